The summed E-state index contributed by atoms with van der Waals surface area (Å²) in [6.07, 6.45) is 0.465. The molecule has 0 amide bonds. The van der Waals surface area contributed by atoms with E-state index in [0.29, 0.717) is 15.8 Å². The third-order valence-corrected chi connectivity index (χ3v) is 7.08. The minimum absolute atomic E-state index is 0.0264. The Morgan fingerprint density at radius 1 is 0.967 bits per heavy atom. The third kappa shape index (κ3) is 2.90. The zero-order valence-electron chi connectivity index (χ0n) is 15.8. The van der Waals surface area contributed by atoms with E-state index < -0.39 is 0 Å². The second kappa shape index (κ2) is 7.02. The van der Waals surface area contributed by atoms with Gasteiger partial charge in [-0.15, -0.1) is 11.3 Å². The number of rotatable bonds is 2. The summed E-state index contributed by atoms with van der Waals surface area (Å²) in [5.74, 6) is 0.704. The predicted octanol–water partition coefficient (Wildman–Crippen LogP) is 7.45. The molecule has 2 aliphatic heterocycles. The van der Waals surface area contributed by atoms with E-state index in [4.69, 9.17) is 33.0 Å². The number of nitrogens with zero attached hydrogens (tertiary/aromatic N) is 2. The normalized spacial score (nSPS) is 19.9. The number of ether oxygens (including phenoxy) is 1. The molecule has 0 N–H and O–H groups in total. The minimum Gasteiger partial charge on any atom is -0.462 e. The second-order valence-electron chi connectivity index (χ2n) is 7.50. The lowest BCUT2D eigenvalue weighted by Gasteiger charge is -2.38. The van der Waals surface area contributed by atoms with Crippen molar-refractivity contribution in [2.45, 2.75) is 18.7 Å². The van der Waals surface area contributed by atoms with Crippen LogP contribution in [0.3, 0.4) is 0 Å². The van der Waals surface area contributed by atoms with Crippen LogP contribution in [0.1, 0.15) is 34.7 Å². The van der Waals surface area contributed by atoms with E-state index in [9.17, 15) is 0 Å². The molecule has 6 heteroatoms. The number of hydrogen-bond acceptors (Lipinski definition) is 4. The smallest absolute Gasteiger partial charge is 0.223 e. The van der Waals surface area contributed by atoms with Crippen molar-refractivity contribution < 1.29 is 4.74 Å². The highest BCUT2D eigenvalue weighted by molar-refractivity contribution is 7.10. The lowest BCUT2D eigenvalue weighted by Crippen LogP contribution is -2.33. The molecule has 2 atom stereocenters. The third-order valence-electron chi connectivity index (χ3n) is 5.68. The maximum atomic E-state index is 6.52. The Bertz CT molecular complexity index is 1300. The van der Waals surface area contributed by atoms with Gasteiger partial charge in [0.15, 0.2) is 0 Å². The fourth-order valence-electron chi connectivity index (χ4n) is 4.28. The van der Waals surface area contributed by atoms with Gasteiger partial charge in [-0.05, 0) is 46.0 Å². The molecule has 3 nitrogen and oxygen atoms in total. The zero-order valence-corrected chi connectivity index (χ0v) is 18.1. The molecular weight excluding hydrogens is 435 g/mol. The van der Waals surface area contributed by atoms with Crippen LogP contribution in [-0.4, -0.2) is 10.7 Å². The standard InChI is InChI=1S/C24H16Cl2N2OS/c25-17-11-18-21-13-20(16-8-7-14-4-1-2-5-15(14)10-16)27-28(21)24(22-6-3-9-30-22)29-23(18)19(26)12-17/h1-12,21,24H,13H2/t21-,24-/m1/s1. The van der Waals surface area contributed by atoms with Crippen LogP contribution in [-0.2, 0) is 0 Å². The van der Waals surface area contributed by atoms with Crippen molar-refractivity contribution in [1.29, 1.82) is 0 Å². The van der Waals surface area contributed by atoms with Crippen molar-refractivity contribution in [3.63, 3.8) is 0 Å². The Labute approximate surface area is 188 Å². The molecule has 4 aromatic rings. The summed E-state index contributed by atoms with van der Waals surface area (Å²) in [4.78, 5) is 1.10. The first-order valence-corrected chi connectivity index (χ1v) is 11.3. The highest BCUT2D eigenvalue weighted by Crippen LogP contribution is 2.51. The molecule has 30 heavy (non-hydrogen) atoms. The van der Waals surface area contributed by atoms with E-state index in [-0.39, 0.29) is 12.3 Å². The minimum atomic E-state index is -0.306. The topological polar surface area (TPSA) is 24.8 Å². The van der Waals surface area contributed by atoms with Crippen LogP contribution in [0.25, 0.3) is 10.8 Å². The van der Waals surface area contributed by atoms with Gasteiger partial charge in [-0.25, -0.2) is 5.01 Å². The van der Waals surface area contributed by atoms with Gasteiger partial charge in [-0.1, -0.05) is 65.7 Å². The number of thiophene rings is 1. The van der Waals surface area contributed by atoms with E-state index in [1.165, 1.54) is 10.8 Å². The quantitative estimate of drug-likeness (QED) is 0.316. The first-order chi connectivity index (χ1) is 14.7. The molecule has 0 spiro atoms. The van der Waals surface area contributed by atoms with Crippen molar-refractivity contribution in [2.24, 2.45) is 5.10 Å². The first-order valence-electron chi connectivity index (χ1n) is 9.71. The summed E-state index contributed by atoms with van der Waals surface area (Å²) in [5.41, 5.74) is 3.16. The zero-order chi connectivity index (χ0) is 20.2. The van der Waals surface area contributed by atoms with Crippen LogP contribution >= 0.6 is 34.5 Å². The second-order valence-corrected chi connectivity index (χ2v) is 9.32. The van der Waals surface area contributed by atoms with E-state index in [1.807, 2.05) is 12.1 Å². The monoisotopic (exact) mass is 450 g/mol. The summed E-state index contributed by atoms with van der Waals surface area (Å²) in [6, 6.07) is 22.7. The highest BCUT2D eigenvalue weighted by Gasteiger charge is 2.42. The summed E-state index contributed by atoms with van der Waals surface area (Å²) in [7, 11) is 0. The molecule has 3 aromatic carbocycles. The van der Waals surface area contributed by atoms with E-state index in [0.717, 1.165) is 28.1 Å². The Balaban J connectivity index is 1.47. The van der Waals surface area contributed by atoms with Gasteiger partial charge < -0.3 is 4.74 Å². The molecule has 0 unspecified atom stereocenters. The average Bonchev–Trinajstić information content (AvgIpc) is 3.43. The molecule has 1 aromatic heterocycles. The summed E-state index contributed by atoms with van der Waals surface area (Å²) in [5, 5.41) is 12.7. The van der Waals surface area contributed by atoms with Crippen molar-refractivity contribution in [2.75, 3.05) is 0 Å². The molecule has 3 heterocycles. The van der Waals surface area contributed by atoms with Crippen molar-refractivity contribution >= 4 is 51.0 Å². The Morgan fingerprint density at radius 3 is 2.67 bits per heavy atom. The molecule has 0 aliphatic carbocycles. The molecule has 0 fully saturated rings. The number of hydrazone groups is 1. The lowest BCUT2D eigenvalue weighted by atomic mass is 9.95. The van der Waals surface area contributed by atoms with Crippen LogP contribution in [0.15, 0.2) is 77.2 Å². The molecule has 148 valence electrons. The van der Waals surface area contributed by atoms with Crippen molar-refractivity contribution in [3.8, 4) is 5.75 Å². The molecule has 0 radical (unpaired) electrons. The van der Waals surface area contributed by atoms with Gasteiger partial charge in [0.1, 0.15) is 5.75 Å². The van der Waals surface area contributed by atoms with Gasteiger partial charge in [-0.2, -0.15) is 5.10 Å². The van der Waals surface area contributed by atoms with Gasteiger partial charge in [0, 0.05) is 17.0 Å². The van der Waals surface area contributed by atoms with Crippen molar-refractivity contribution in [3.05, 3.63) is 98.2 Å². The van der Waals surface area contributed by atoms with E-state index in [2.05, 4.69) is 58.9 Å². The maximum Gasteiger partial charge on any atom is 0.223 e. The van der Waals surface area contributed by atoms with Crippen LogP contribution in [0, 0.1) is 0 Å². The summed E-state index contributed by atoms with van der Waals surface area (Å²) < 4.78 is 6.37. The number of hydrogen-bond donors (Lipinski definition) is 0. The number of halogens is 2. The van der Waals surface area contributed by atoms with Crippen LogP contribution in [0.4, 0.5) is 0 Å². The van der Waals surface area contributed by atoms with Gasteiger partial charge in [0.25, 0.3) is 0 Å². The van der Waals surface area contributed by atoms with Crippen LogP contribution in [0.2, 0.25) is 10.0 Å². The van der Waals surface area contributed by atoms with Crippen LogP contribution in [0.5, 0.6) is 5.75 Å². The molecule has 6 rings (SSSR count). The van der Waals surface area contributed by atoms with Crippen molar-refractivity contribution in [1.82, 2.24) is 5.01 Å². The average molecular weight is 451 g/mol. The molecule has 0 bridgehead atoms. The van der Waals surface area contributed by atoms with Crippen LogP contribution < -0.4 is 4.74 Å². The number of benzene rings is 3. The maximum absolute atomic E-state index is 6.52. The fourth-order valence-corrected chi connectivity index (χ4v) is 5.57. The molecule has 0 saturated heterocycles. The van der Waals surface area contributed by atoms with E-state index in [1.54, 1.807) is 17.4 Å². The molecular formula is C24H16Cl2N2OS. The largest absolute Gasteiger partial charge is 0.462 e. The van der Waals surface area contributed by atoms with Gasteiger partial charge >= 0.3 is 0 Å². The first kappa shape index (κ1) is 18.3. The number of fused-ring (bicyclic) bond motifs is 4. The Kier molecular flexibility index (Phi) is 4.27. The summed E-state index contributed by atoms with van der Waals surface area (Å²) >= 11 is 14.5. The summed E-state index contributed by atoms with van der Waals surface area (Å²) in [6.45, 7) is 0. The molecule has 2 aliphatic rings. The Morgan fingerprint density at radius 2 is 1.83 bits per heavy atom. The van der Waals surface area contributed by atoms with E-state index >= 15 is 0 Å². The lowest BCUT2D eigenvalue weighted by molar-refractivity contribution is -0.0165. The SMILES string of the molecule is Clc1cc(Cl)c2c(c1)[C@H]1CC(c3ccc4ccccc4c3)=NN1[C@@H](c1cccs1)O2. The highest BCUT2D eigenvalue weighted by atomic mass is 35.5. The van der Waals surface area contributed by atoms with Gasteiger partial charge in [0.2, 0.25) is 6.23 Å². The molecule has 0 saturated carbocycles. The Hall–Kier alpha value is -2.53. The fraction of sp³-hybridized carbons (Fsp3) is 0.125. The predicted molar refractivity (Wildman–Crippen MR) is 124 cm³/mol. The van der Waals surface area contributed by atoms with Gasteiger partial charge in [0.05, 0.1) is 21.7 Å². The van der Waals surface area contributed by atoms with Gasteiger partial charge in [-0.3, -0.25) is 0 Å².